The molecule has 6 rings (SSSR count). The highest BCUT2D eigenvalue weighted by Gasteiger charge is 2.91. The summed E-state index contributed by atoms with van der Waals surface area (Å²) >= 11 is 0. The Bertz CT molecular complexity index is 2020. The molecule has 18 heteroatoms. The third-order valence-corrected chi connectivity index (χ3v) is 11.8. The van der Waals surface area contributed by atoms with E-state index >= 15 is 0 Å². The van der Waals surface area contributed by atoms with Crippen molar-refractivity contribution in [3.05, 3.63) is 65.5 Å². The van der Waals surface area contributed by atoms with Gasteiger partial charge < -0.3 is 48.1 Å². The van der Waals surface area contributed by atoms with Gasteiger partial charge in [0.25, 0.3) is 0 Å². The second-order valence-electron chi connectivity index (χ2n) is 15.8. The summed E-state index contributed by atoms with van der Waals surface area (Å²) in [6.45, 7) is 6.23. The molecule has 318 valence electrons. The number of aliphatic hydroxyl groups excluding tert-OH is 1. The Kier molecular flexibility index (Phi) is 11.7. The summed E-state index contributed by atoms with van der Waals surface area (Å²) in [4.78, 5) is 99.0. The second-order valence-corrected chi connectivity index (χ2v) is 15.8. The average Bonchev–Trinajstić information content (AvgIpc) is 3.37. The van der Waals surface area contributed by atoms with Gasteiger partial charge in [0, 0.05) is 33.9 Å². The number of aliphatic hydroxyl groups is 2. The Morgan fingerprint density at radius 2 is 1.47 bits per heavy atom. The number of benzene rings is 1. The van der Waals surface area contributed by atoms with Crippen molar-refractivity contribution < 1.29 is 81.7 Å². The predicted octanol–water partition coefficient (Wildman–Crippen LogP) is 1.59. The number of aryl methyl sites for hydroxylation is 1. The molecule has 59 heavy (non-hydrogen) atoms. The standard InChI is InChI=1S/C41H47NO17/c1-20-15-16-27-26(14-11-17-42-27)37(50)53-18-38(6)28-29(54-22(3)44)33(56-24(5)46)40(19-52-21(2)43)34(58-36(49)25-12-9-8-10-13-25)30(55-23(4)45)32(57-35(20)48)39(7,51)41(40,59-38)31(28)47/h8-14,17,20,28-34,47,51H,15-16,18-19H2,1-7H3/t20-,28-,29+,30-,31+,32-,33+,34-,38-,39-,40+,41-/m0/s1. The molecular weight excluding hydrogens is 778 g/mol. The van der Waals surface area contributed by atoms with E-state index in [1.54, 1.807) is 6.07 Å². The van der Waals surface area contributed by atoms with Crippen LogP contribution >= 0.6 is 0 Å². The third-order valence-electron chi connectivity index (χ3n) is 11.8. The molecule has 3 heterocycles. The molecule has 4 bridgehead atoms. The van der Waals surface area contributed by atoms with E-state index in [4.69, 9.17) is 37.9 Å². The summed E-state index contributed by atoms with van der Waals surface area (Å²) in [7, 11) is 0. The van der Waals surface area contributed by atoms with Gasteiger partial charge in [-0.1, -0.05) is 25.1 Å². The van der Waals surface area contributed by atoms with Crippen molar-refractivity contribution in [1.82, 2.24) is 4.98 Å². The maximum atomic E-state index is 14.3. The molecule has 0 radical (unpaired) electrons. The van der Waals surface area contributed by atoms with Crippen molar-refractivity contribution in [2.75, 3.05) is 13.2 Å². The average molecular weight is 826 g/mol. The molecule has 3 fully saturated rings. The number of aromatic nitrogens is 1. The maximum absolute atomic E-state index is 14.3. The highest BCUT2D eigenvalue weighted by atomic mass is 16.7. The maximum Gasteiger partial charge on any atom is 0.340 e. The summed E-state index contributed by atoms with van der Waals surface area (Å²) in [5.41, 5.74) is -9.98. The van der Waals surface area contributed by atoms with Gasteiger partial charge >= 0.3 is 41.8 Å². The molecule has 1 aromatic heterocycles. The minimum Gasteiger partial charge on any atom is -0.465 e. The minimum absolute atomic E-state index is 0.0401. The predicted molar refractivity (Wildman–Crippen MR) is 196 cm³/mol. The molecule has 18 nitrogen and oxygen atoms in total. The van der Waals surface area contributed by atoms with Crippen LogP contribution in [-0.2, 0) is 68.3 Å². The number of carbonyl (C=O) groups is 7. The first-order valence-electron chi connectivity index (χ1n) is 19.0. The van der Waals surface area contributed by atoms with Gasteiger partial charge in [-0.2, -0.15) is 0 Å². The summed E-state index contributed by atoms with van der Waals surface area (Å²) in [5.74, 6) is -9.51. The number of rotatable bonds is 7. The van der Waals surface area contributed by atoms with E-state index < -0.39 is 126 Å². The zero-order chi connectivity index (χ0) is 43.2. The Hall–Kier alpha value is -5.46. The Morgan fingerprint density at radius 1 is 0.847 bits per heavy atom. The molecule has 2 saturated carbocycles. The van der Waals surface area contributed by atoms with Crippen LogP contribution in [0.1, 0.15) is 81.3 Å². The van der Waals surface area contributed by atoms with E-state index in [-0.39, 0.29) is 29.7 Å². The number of cyclic esters (lactones) is 1. The summed E-state index contributed by atoms with van der Waals surface area (Å²) < 4.78 is 48.6. The Balaban J connectivity index is 1.73. The van der Waals surface area contributed by atoms with Crippen LogP contribution in [0.5, 0.6) is 0 Å². The van der Waals surface area contributed by atoms with E-state index in [0.717, 1.165) is 34.6 Å². The van der Waals surface area contributed by atoms with Crippen LogP contribution in [0.2, 0.25) is 0 Å². The molecule has 2 N–H and O–H groups in total. The smallest absolute Gasteiger partial charge is 0.340 e. The summed E-state index contributed by atoms with van der Waals surface area (Å²) in [5, 5.41) is 26.3. The Morgan fingerprint density at radius 3 is 2.10 bits per heavy atom. The van der Waals surface area contributed by atoms with Gasteiger partial charge in [0.05, 0.1) is 34.8 Å². The van der Waals surface area contributed by atoms with Crippen LogP contribution < -0.4 is 0 Å². The van der Waals surface area contributed by atoms with E-state index in [2.05, 4.69) is 4.98 Å². The number of nitrogens with zero attached hydrogens (tertiary/aromatic N) is 1. The van der Waals surface area contributed by atoms with Gasteiger partial charge in [0.1, 0.15) is 41.5 Å². The normalized spacial score (nSPS) is 36.3. The fourth-order valence-corrected chi connectivity index (χ4v) is 9.45. The number of fused-ring (bicyclic) bond motifs is 5. The van der Waals surface area contributed by atoms with E-state index in [1.165, 1.54) is 56.4 Å². The molecule has 4 aliphatic rings. The monoisotopic (exact) mass is 825 g/mol. The summed E-state index contributed by atoms with van der Waals surface area (Å²) in [6, 6.07) is 10.4. The number of carbonyl (C=O) groups excluding carboxylic acids is 7. The molecule has 12 atom stereocenters. The van der Waals surface area contributed by atoms with Gasteiger partial charge in [-0.25, -0.2) is 9.59 Å². The molecule has 1 aromatic carbocycles. The van der Waals surface area contributed by atoms with Gasteiger partial charge in [-0.15, -0.1) is 0 Å². The van der Waals surface area contributed by atoms with E-state index in [0.29, 0.717) is 0 Å². The summed E-state index contributed by atoms with van der Waals surface area (Å²) in [6.07, 6.45) is -10.6. The SMILES string of the molecule is CC(=O)OC[C@]12[C@H](OC(C)=O)[C@H](OC(C)=O)[C@H]3[C@@H](O)[C@@]14O[C@@]3(C)COC(=O)c1cccnc1CC[C@H](C)C(=O)O[C@@H]([C@H](OC(C)=O)[C@@H]2OC(=O)c1ccccc1)[C@]4(C)O. The fraction of sp³-hybridized carbons (Fsp3) is 0.561. The first-order valence-corrected chi connectivity index (χ1v) is 19.0. The van der Waals surface area contributed by atoms with Crippen molar-refractivity contribution in [1.29, 1.82) is 0 Å². The van der Waals surface area contributed by atoms with Crippen molar-refractivity contribution in [2.45, 2.75) is 115 Å². The topological polar surface area (TPSA) is 247 Å². The second kappa shape index (κ2) is 16.0. The number of esters is 7. The molecule has 2 aromatic rings. The minimum atomic E-state index is -2.80. The van der Waals surface area contributed by atoms with Crippen molar-refractivity contribution in [3.8, 4) is 0 Å². The van der Waals surface area contributed by atoms with Crippen LogP contribution in [-0.4, -0.2) is 124 Å². The van der Waals surface area contributed by atoms with Gasteiger partial charge in [-0.05, 0) is 51.0 Å². The van der Waals surface area contributed by atoms with Gasteiger partial charge in [0.2, 0.25) is 0 Å². The highest BCUT2D eigenvalue weighted by Crippen LogP contribution is 2.69. The number of ether oxygens (including phenoxy) is 8. The molecule has 2 aliphatic heterocycles. The van der Waals surface area contributed by atoms with E-state index in [9.17, 15) is 43.8 Å². The zero-order valence-corrected chi connectivity index (χ0v) is 33.5. The van der Waals surface area contributed by atoms with Gasteiger partial charge in [0.15, 0.2) is 24.4 Å². The number of hydrogen-bond acceptors (Lipinski definition) is 18. The quantitative estimate of drug-likeness (QED) is 0.297. The lowest BCUT2D eigenvalue weighted by Crippen LogP contribution is -2.89. The molecule has 1 spiro atoms. The fourth-order valence-electron chi connectivity index (χ4n) is 9.45. The zero-order valence-electron chi connectivity index (χ0n) is 33.5. The van der Waals surface area contributed by atoms with Crippen LogP contribution in [0.25, 0.3) is 0 Å². The first-order chi connectivity index (χ1) is 27.7. The third kappa shape index (κ3) is 7.20. The van der Waals surface area contributed by atoms with Crippen molar-refractivity contribution in [3.63, 3.8) is 0 Å². The highest BCUT2D eigenvalue weighted by molar-refractivity contribution is 5.91. The first kappa shape index (κ1) is 43.1. The molecule has 2 aliphatic carbocycles. The number of hydrogen-bond donors (Lipinski definition) is 2. The molecule has 1 saturated heterocycles. The molecule has 0 unspecified atom stereocenters. The lowest BCUT2D eigenvalue weighted by Gasteiger charge is -2.67. The molecular formula is C41H47NO17. The lowest BCUT2D eigenvalue weighted by atomic mass is 9.45. The van der Waals surface area contributed by atoms with Crippen LogP contribution in [0.15, 0.2) is 48.7 Å². The largest absolute Gasteiger partial charge is 0.465 e. The van der Waals surface area contributed by atoms with Gasteiger partial charge in [-0.3, -0.25) is 29.0 Å². The lowest BCUT2D eigenvalue weighted by molar-refractivity contribution is -0.385. The van der Waals surface area contributed by atoms with Crippen molar-refractivity contribution in [2.24, 2.45) is 17.3 Å². The van der Waals surface area contributed by atoms with Crippen LogP contribution in [0.3, 0.4) is 0 Å². The van der Waals surface area contributed by atoms with Crippen LogP contribution in [0.4, 0.5) is 0 Å². The van der Waals surface area contributed by atoms with Crippen molar-refractivity contribution >= 4 is 41.8 Å². The van der Waals surface area contributed by atoms with E-state index in [1.807, 2.05) is 0 Å². The molecule has 0 amide bonds. The Labute approximate surface area is 338 Å². The number of pyridine rings is 1. The van der Waals surface area contributed by atoms with Crippen LogP contribution in [0, 0.1) is 17.3 Å².